The van der Waals surface area contributed by atoms with Gasteiger partial charge in [-0.3, -0.25) is 0 Å². The Bertz CT molecular complexity index is 487. The summed E-state index contributed by atoms with van der Waals surface area (Å²) in [5.74, 6) is -1.76. The Hall–Kier alpha value is -1.33. The van der Waals surface area contributed by atoms with Crippen molar-refractivity contribution >= 4 is 11.3 Å². The first-order chi connectivity index (χ1) is 8.15. The summed E-state index contributed by atoms with van der Waals surface area (Å²) < 4.78 is 25.6. The average molecular weight is 255 g/mol. The van der Waals surface area contributed by atoms with Crippen LogP contribution in [0.25, 0.3) is 0 Å². The maximum atomic E-state index is 12.9. The van der Waals surface area contributed by atoms with Gasteiger partial charge in [0.25, 0.3) is 0 Å². The standard InChI is InChI=1S/C12H11F2NOS/c13-10-2-1-8(6-11(10)14)5-9(16)7-12-15-3-4-17-12/h1-4,6,9,16H,5,7H2. The molecule has 1 aromatic carbocycles. The highest BCUT2D eigenvalue weighted by molar-refractivity contribution is 7.09. The van der Waals surface area contributed by atoms with Gasteiger partial charge in [0.15, 0.2) is 11.6 Å². The molecule has 0 aliphatic rings. The van der Waals surface area contributed by atoms with Crippen molar-refractivity contribution in [2.24, 2.45) is 0 Å². The molecule has 1 N–H and O–H groups in total. The van der Waals surface area contributed by atoms with Gasteiger partial charge < -0.3 is 5.11 Å². The Morgan fingerprint density at radius 1 is 1.24 bits per heavy atom. The van der Waals surface area contributed by atoms with Gasteiger partial charge in [-0.1, -0.05) is 6.07 Å². The van der Waals surface area contributed by atoms with E-state index in [1.165, 1.54) is 17.4 Å². The van der Waals surface area contributed by atoms with Crippen LogP contribution in [-0.4, -0.2) is 16.2 Å². The molecule has 1 atom stereocenters. The molecule has 0 amide bonds. The molecule has 2 aromatic rings. The molecular weight excluding hydrogens is 244 g/mol. The smallest absolute Gasteiger partial charge is 0.159 e. The zero-order chi connectivity index (χ0) is 12.3. The van der Waals surface area contributed by atoms with Crippen molar-refractivity contribution in [2.45, 2.75) is 18.9 Å². The van der Waals surface area contributed by atoms with E-state index < -0.39 is 17.7 Å². The number of aliphatic hydroxyl groups excluding tert-OH is 1. The molecule has 0 saturated heterocycles. The largest absolute Gasteiger partial charge is 0.392 e. The predicted molar refractivity (Wildman–Crippen MR) is 61.9 cm³/mol. The van der Waals surface area contributed by atoms with Crippen molar-refractivity contribution in [1.82, 2.24) is 4.98 Å². The van der Waals surface area contributed by atoms with Crippen LogP contribution in [0.4, 0.5) is 8.78 Å². The van der Waals surface area contributed by atoms with E-state index in [9.17, 15) is 13.9 Å². The van der Waals surface area contributed by atoms with E-state index in [0.29, 0.717) is 12.0 Å². The van der Waals surface area contributed by atoms with Crippen LogP contribution < -0.4 is 0 Å². The molecule has 1 aromatic heterocycles. The van der Waals surface area contributed by atoms with Crippen LogP contribution in [0, 0.1) is 11.6 Å². The molecule has 0 spiro atoms. The molecular formula is C12H11F2NOS. The Morgan fingerprint density at radius 3 is 2.71 bits per heavy atom. The molecule has 0 radical (unpaired) electrons. The highest BCUT2D eigenvalue weighted by atomic mass is 32.1. The van der Waals surface area contributed by atoms with E-state index in [4.69, 9.17) is 0 Å². The lowest BCUT2D eigenvalue weighted by Crippen LogP contribution is -2.14. The summed E-state index contributed by atoms with van der Waals surface area (Å²) in [6, 6.07) is 3.66. The van der Waals surface area contributed by atoms with Crippen molar-refractivity contribution in [2.75, 3.05) is 0 Å². The Kier molecular flexibility index (Phi) is 3.81. The molecule has 0 aliphatic carbocycles. The van der Waals surface area contributed by atoms with Crippen LogP contribution in [-0.2, 0) is 12.8 Å². The lowest BCUT2D eigenvalue weighted by molar-refractivity contribution is 0.175. The molecule has 5 heteroatoms. The van der Waals surface area contributed by atoms with E-state index in [2.05, 4.69) is 4.98 Å². The van der Waals surface area contributed by atoms with Gasteiger partial charge in [-0.05, 0) is 24.1 Å². The minimum Gasteiger partial charge on any atom is -0.392 e. The summed E-state index contributed by atoms with van der Waals surface area (Å²) in [4.78, 5) is 4.05. The van der Waals surface area contributed by atoms with Gasteiger partial charge in [0, 0.05) is 18.0 Å². The van der Waals surface area contributed by atoms with Gasteiger partial charge in [-0.15, -0.1) is 11.3 Å². The van der Waals surface area contributed by atoms with Gasteiger partial charge in [0.2, 0.25) is 0 Å². The van der Waals surface area contributed by atoms with Crippen molar-refractivity contribution < 1.29 is 13.9 Å². The number of hydrogen-bond donors (Lipinski definition) is 1. The van der Waals surface area contributed by atoms with Gasteiger partial charge in [0.1, 0.15) is 0 Å². The van der Waals surface area contributed by atoms with Gasteiger partial charge in [0.05, 0.1) is 11.1 Å². The molecule has 2 nitrogen and oxygen atoms in total. The summed E-state index contributed by atoms with van der Waals surface area (Å²) in [7, 11) is 0. The summed E-state index contributed by atoms with van der Waals surface area (Å²) >= 11 is 1.46. The third kappa shape index (κ3) is 3.31. The fourth-order valence-electron chi connectivity index (χ4n) is 1.57. The molecule has 0 saturated carbocycles. The number of nitrogens with zero attached hydrogens (tertiary/aromatic N) is 1. The van der Waals surface area contributed by atoms with Gasteiger partial charge >= 0.3 is 0 Å². The third-order valence-corrected chi connectivity index (χ3v) is 3.15. The zero-order valence-electron chi connectivity index (χ0n) is 8.94. The van der Waals surface area contributed by atoms with Crippen LogP contribution in [0.2, 0.25) is 0 Å². The van der Waals surface area contributed by atoms with E-state index in [1.807, 2.05) is 5.38 Å². The Labute approximate surface area is 102 Å². The third-order valence-electron chi connectivity index (χ3n) is 2.35. The van der Waals surface area contributed by atoms with Gasteiger partial charge in [-0.25, -0.2) is 13.8 Å². The first kappa shape index (κ1) is 12.1. The molecule has 90 valence electrons. The van der Waals surface area contributed by atoms with Crippen molar-refractivity contribution in [3.05, 3.63) is 52.0 Å². The SMILES string of the molecule is OC(Cc1ccc(F)c(F)c1)Cc1nccs1. The minimum absolute atomic E-state index is 0.288. The summed E-state index contributed by atoms with van der Waals surface area (Å²) in [5, 5.41) is 12.5. The lowest BCUT2D eigenvalue weighted by atomic mass is 10.1. The normalized spacial score (nSPS) is 12.6. The van der Waals surface area contributed by atoms with E-state index in [0.717, 1.165) is 17.1 Å². The quantitative estimate of drug-likeness (QED) is 0.910. The maximum Gasteiger partial charge on any atom is 0.159 e. The fourth-order valence-corrected chi connectivity index (χ4v) is 2.26. The first-order valence-corrected chi connectivity index (χ1v) is 6.03. The van der Waals surface area contributed by atoms with Crippen LogP contribution in [0.5, 0.6) is 0 Å². The second-order valence-electron chi connectivity index (χ2n) is 3.74. The highest BCUT2D eigenvalue weighted by Crippen LogP contribution is 2.13. The zero-order valence-corrected chi connectivity index (χ0v) is 9.75. The van der Waals surface area contributed by atoms with Crippen LogP contribution in [0.15, 0.2) is 29.8 Å². The second kappa shape index (κ2) is 5.33. The molecule has 0 fully saturated rings. The number of thiazole rings is 1. The monoisotopic (exact) mass is 255 g/mol. The molecule has 1 unspecified atom stereocenters. The number of aromatic nitrogens is 1. The first-order valence-electron chi connectivity index (χ1n) is 5.15. The minimum atomic E-state index is -0.885. The van der Waals surface area contributed by atoms with E-state index >= 15 is 0 Å². The number of halogens is 2. The summed E-state index contributed by atoms with van der Waals surface area (Å²) in [6.07, 6.45) is 1.75. The van der Waals surface area contributed by atoms with Crippen LogP contribution in [0.3, 0.4) is 0 Å². The van der Waals surface area contributed by atoms with Crippen molar-refractivity contribution in [3.63, 3.8) is 0 Å². The average Bonchev–Trinajstić information content (AvgIpc) is 2.76. The lowest BCUT2D eigenvalue weighted by Gasteiger charge is -2.09. The van der Waals surface area contributed by atoms with Gasteiger partial charge in [-0.2, -0.15) is 0 Å². The fraction of sp³-hybridized carbons (Fsp3) is 0.250. The molecule has 17 heavy (non-hydrogen) atoms. The Morgan fingerprint density at radius 2 is 2.06 bits per heavy atom. The van der Waals surface area contributed by atoms with Crippen molar-refractivity contribution in [3.8, 4) is 0 Å². The second-order valence-corrected chi connectivity index (χ2v) is 4.72. The number of aliphatic hydroxyl groups is 1. The molecule has 1 heterocycles. The van der Waals surface area contributed by atoms with Crippen LogP contribution in [0.1, 0.15) is 10.6 Å². The topological polar surface area (TPSA) is 33.1 Å². The van der Waals surface area contributed by atoms with Crippen molar-refractivity contribution in [1.29, 1.82) is 0 Å². The molecule has 0 aliphatic heterocycles. The number of benzene rings is 1. The summed E-state index contributed by atoms with van der Waals surface area (Å²) in [6.45, 7) is 0. The predicted octanol–water partition coefficient (Wildman–Crippen LogP) is 2.57. The number of rotatable bonds is 4. The molecule has 2 rings (SSSR count). The van der Waals surface area contributed by atoms with E-state index in [-0.39, 0.29) is 6.42 Å². The maximum absolute atomic E-state index is 12.9. The highest BCUT2D eigenvalue weighted by Gasteiger charge is 2.10. The number of hydrogen-bond acceptors (Lipinski definition) is 3. The Balaban J connectivity index is 1.98. The van der Waals surface area contributed by atoms with Crippen LogP contribution >= 0.6 is 11.3 Å². The van der Waals surface area contributed by atoms with E-state index in [1.54, 1.807) is 6.20 Å². The molecule has 0 bridgehead atoms. The summed E-state index contributed by atoms with van der Waals surface area (Å²) in [5.41, 5.74) is 0.577.